The molecule has 0 unspecified atom stereocenters. The lowest BCUT2D eigenvalue weighted by Crippen LogP contribution is -2.38. The lowest BCUT2D eigenvalue weighted by atomic mass is 9.97. The van der Waals surface area contributed by atoms with Crippen LogP contribution in [0.4, 0.5) is 0 Å². The van der Waals surface area contributed by atoms with E-state index in [2.05, 4.69) is 28.4 Å². The van der Waals surface area contributed by atoms with E-state index in [4.69, 9.17) is 9.40 Å². The Hall–Kier alpha value is -2.23. The molecule has 6 nitrogen and oxygen atoms in total. The Bertz CT molecular complexity index is 1080. The number of fused-ring (bicyclic) bond motifs is 1. The summed E-state index contributed by atoms with van der Waals surface area (Å²) in [5.41, 5.74) is 1.07. The molecule has 5 rings (SSSR count). The summed E-state index contributed by atoms with van der Waals surface area (Å²) in [5.74, 6) is 1.38. The van der Waals surface area contributed by atoms with Crippen LogP contribution in [0.2, 0.25) is 0 Å². The molecular formula is C20H18N4O2S3. The fraction of sp³-hybridized carbons (Fsp3) is 0.300. The van der Waals surface area contributed by atoms with Crippen LogP contribution < -0.4 is 0 Å². The summed E-state index contributed by atoms with van der Waals surface area (Å²) in [6.45, 7) is 1.54. The molecule has 4 heterocycles. The quantitative estimate of drug-likeness (QED) is 0.409. The van der Waals surface area contributed by atoms with E-state index in [0.717, 1.165) is 36.3 Å². The number of para-hydroxylation sites is 1. The van der Waals surface area contributed by atoms with E-state index in [-0.39, 0.29) is 5.91 Å². The van der Waals surface area contributed by atoms with Gasteiger partial charge in [-0.3, -0.25) is 4.79 Å². The number of thioether (sulfide) groups is 1. The fourth-order valence-corrected chi connectivity index (χ4v) is 5.87. The van der Waals surface area contributed by atoms with Gasteiger partial charge in [0.05, 0.1) is 25.9 Å². The molecule has 29 heavy (non-hydrogen) atoms. The van der Waals surface area contributed by atoms with E-state index in [9.17, 15) is 4.79 Å². The predicted octanol–water partition coefficient (Wildman–Crippen LogP) is 4.91. The number of nitrogens with zero attached hydrogens (tertiary/aromatic N) is 4. The van der Waals surface area contributed by atoms with Gasteiger partial charge in [0, 0.05) is 19.0 Å². The second-order valence-electron chi connectivity index (χ2n) is 6.81. The minimum atomic E-state index is 0.119. The minimum absolute atomic E-state index is 0.119. The van der Waals surface area contributed by atoms with Crippen molar-refractivity contribution in [2.24, 2.45) is 0 Å². The van der Waals surface area contributed by atoms with E-state index >= 15 is 0 Å². The highest BCUT2D eigenvalue weighted by molar-refractivity contribution is 7.99. The van der Waals surface area contributed by atoms with E-state index in [0.29, 0.717) is 22.8 Å². The first-order chi connectivity index (χ1) is 14.3. The van der Waals surface area contributed by atoms with Crippen molar-refractivity contribution in [3.63, 3.8) is 0 Å². The lowest BCUT2D eigenvalue weighted by molar-refractivity contribution is -0.129. The number of rotatable bonds is 5. The Morgan fingerprint density at radius 1 is 1.17 bits per heavy atom. The van der Waals surface area contributed by atoms with Crippen LogP contribution in [0.1, 0.15) is 23.8 Å². The SMILES string of the molecule is O=C(CSc1nnc(-c2cccs2)o1)N1CCC(c2nc3ccccc3s2)CC1. The third-order valence-electron chi connectivity index (χ3n) is 4.96. The molecule has 1 fully saturated rings. The number of aromatic nitrogens is 3. The molecule has 0 spiro atoms. The maximum absolute atomic E-state index is 12.6. The van der Waals surface area contributed by atoms with Gasteiger partial charge in [0.1, 0.15) is 0 Å². The van der Waals surface area contributed by atoms with Gasteiger partial charge in [0.15, 0.2) is 0 Å². The summed E-state index contributed by atoms with van der Waals surface area (Å²) in [7, 11) is 0. The average molecular weight is 443 g/mol. The molecule has 0 aliphatic carbocycles. The summed E-state index contributed by atoms with van der Waals surface area (Å²) in [6, 6.07) is 12.1. The Morgan fingerprint density at radius 2 is 2.03 bits per heavy atom. The third-order valence-corrected chi connectivity index (χ3v) is 7.82. The van der Waals surface area contributed by atoms with Crippen molar-refractivity contribution in [3.05, 3.63) is 46.8 Å². The number of amides is 1. The van der Waals surface area contributed by atoms with Crippen molar-refractivity contribution in [2.75, 3.05) is 18.8 Å². The largest absolute Gasteiger partial charge is 0.410 e. The first kappa shape index (κ1) is 18.8. The molecule has 1 amide bonds. The predicted molar refractivity (Wildman–Crippen MR) is 117 cm³/mol. The minimum Gasteiger partial charge on any atom is -0.410 e. The third kappa shape index (κ3) is 4.08. The van der Waals surface area contributed by atoms with Crippen LogP contribution in [0, 0.1) is 0 Å². The molecular weight excluding hydrogens is 424 g/mol. The molecule has 9 heteroatoms. The number of thiazole rings is 1. The van der Waals surface area contributed by atoms with Gasteiger partial charge in [0.2, 0.25) is 5.91 Å². The maximum Gasteiger partial charge on any atom is 0.277 e. The van der Waals surface area contributed by atoms with E-state index in [1.165, 1.54) is 21.5 Å². The molecule has 1 aromatic carbocycles. The van der Waals surface area contributed by atoms with Gasteiger partial charge < -0.3 is 9.32 Å². The summed E-state index contributed by atoms with van der Waals surface area (Å²) in [4.78, 5) is 20.3. The zero-order chi connectivity index (χ0) is 19.6. The maximum atomic E-state index is 12.6. The van der Waals surface area contributed by atoms with Crippen LogP contribution in [0.3, 0.4) is 0 Å². The lowest BCUT2D eigenvalue weighted by Gasteiger charge is -2.31. The van der Waals surface area contributed by atoms with Gasteiger partial charge in [-0.25, -0.2) is 4.98 Å². The number of thiophene rings is 1. The molecule has 0 bridgehead atoms. The number of likely N-dealkylation sites (tertiary alicyclic amines) is 1. The Kier molecular flexibility index (Phi) is 5.34. The monoisotopic (exact) mass is 442 g/mol. The summed E-state index contributed by atoms with van der Waals surface area (Å²) in [5, 5.41) is 11.7. The second-order valence-corrected chi connectivity index (χ2v) is 9.75. The molecule has 0 atom stereocenters. The molecule has 148 valence electrons. The topological polar surface area (TPSA) is 72.1 Å². The number of carbonyl (C=O) groups excluding carboxylic acids is 1. The van der Waals surface area contributed by atoms with E-state index in [1.807, 2.05) is 28.5 Å². The second kappa shape index (κ2) is 8.25. The Labute approximate surface area is 180 Å². The van der Waals surface area contributed by atoms with Crippen molar-refractivity contribution >= 4 is 50.6 Å². The smallest absolute Gasteiger partial charge is 0.277 e. The molecule has 0 radical (unpaired) electrons. The van der Waals surface area contributed by atoms with Crippen LogP contribution in [0.25, 0.3) is 21.0 Å². The Morgan fingerprint density at radius 3 is 2.83 bits per heavy atom. The number of hydrogen-bond donors (Lipinski definition) is 0. The normalized spacial score (nSPS) is 15.2. The van der Waals surface area contributed by atoms with Crippen LogP contribution in [0.5, 0.6) is 0 Å². The number of benzene rings is 1. The number of carbonyl (C=O) groups is 1. The van der Waals surface area contributed by atoms with Crippen molar-refractivity contribution in [1.29, 1.82) is 0 Å². The summed E-state index contributed by atoms with van der Waals surface area (Å²) >= 11 is 4.63. The summed E-state index contributed by atoms with van der Waals surface area (Å²) in [6.07, 6.45) is 1.92. The molecule has 0 N–H and O–H groups in total. The van der Waals surface area contributed by atoms with Gasteiger partial charge >= 0.3 is 0 Å². The van der Waals surface area contributed by atoms with Gasteiger partial charge in [-0.2, -0.15) is 0 Å². The highest BCUT2D eigenvalue weighted by atomic mass is 32.2. The van der Waals surface area contributed by atoms with E-state index < -0.39 is 0 Å². The van der Waals surface area contributed by atoms with Crippen molar-refractivity contribution in [2.45, 2.75) is 24.0 Å². The Balaban J connectivity index is 1.14. The molecule has 1 saturated heterocycles. The van der Waals surface area contributed by atoms with Crippen molar-refractivity contribution in [1.82, 2.24) is 20.1 Å². The van der Waals surface area contributed by atoms with Crippen LogP contribution in [0.15, 0.2) is 51.4 Å². The van der Waals surface area contributed by atoms with E-state index in [1.54, 1.807) is 22.7 Å². The van der Waals surface area contributed by atoms with Crippen LogP contribution in [-0.4, -0.2) is 44.8 Å². The standard InChI is InChI=1S/C20H18N4O2S3/c25-17(12-28-20-23-22-18(26-20)16-6-3-11-27-16)24-9-7-13(8-10-24)19-21-14-4-1-2-5-15(14)29-19/h1-6,11,13H,7-10,12H2. The number of piperidine rings is 1. The van der Waals surface area contributed by atoms with Crippen LogP contribution >= 0.6 is 34.4 Å². The molecule has 1 aliphatic heterocycles. The number of hydrogen-bond acceptors (Lipinski definition) is 8. The first-order valence-corrected chi connectivity index (χ1v) is 12.1. The van der Waals surface area contributed by atoms with Gasteiger partial charge in [-0.1, -0.05) is 30.0 Å². The van der Waals surface area contributed by atoms with Gasteiger partial charge in [0.25, 0.3) is 11.1 Å². The molecule has 3 aromatic heterocycles. The first-order valence-electron chi connectivity index (χ1n) is 9.40. The zero-order valence-corrected chi connectivity index (χ0v) is 17.9. The fourth-order valence-electron chi connectivity index (χ4n) is 3.42. The molecule has 4 aromatic rings. The average Bonchev–Trinajstić information content (AvgIpc) is 3.52. The highest BCUT2D eigenvalue weighted by Gasteiger charge is 2.26. The van der Waals surface area contributed by atoms with Crippen molar-refractivity contribution < 1.29 is 9.21 Å². The summed E-state index contributed by atoms with van der Waals surface area (Å²) < 4.78 is 6.88. The van der Waals surface area contributed by atoms with Gasteiger partial charge in [-0.05, 0) is 36.4 Å². The van der Waals surface area contributed by atoms with Gasteiger partial charge in [-0.15, -0.1) is 32.9 Å². The van der Waals surface area contributed by atoms with Crippen molar-refractivity contribution in [3.8, 4) is 10.8 Å². The molecule has 0 saturated carbocycles. The van der Waals surface area contributed by atoms with Crippen LogP contribution in [-0.2, 0) is 4.79 Å². The molecule has 1 aliphatic rings. The zero-order valence-electron chi connectivity index (χ0n) is 15.5. The highest BCUT2D eigenvalue weighted by Crippen LogP contribution is 2.34.